The number of amides is 1. The van der Waals surface area contributed by atoms with E-state index in [9.17, 15) is 4.79 Å². The van der Waals surface area contributed by atoms with Crippen LogP contribution < -0.4 is 9.64 Å². The third kappa shape index (κ3) is 3.84. The second kappa shape index (κ2) is 8.00. The number of hydrogen-bond acceptors (Lipinski definition) is 6. The van der Waals surface area contributed by atoms with Gasteiger partial charge in [-0.25, -0.2) is 4.98 Å². The molecule has 0 unspecified atom stereocenters. The Morgan fingerprint density at radius 1 is 1.28 bits per heavy atom. The number of hydrogen-bond donors (Lipinski definition) is 0. The van der Waals surface area contributed by atoms with E-state index in [0.29, 0.717) is 23.9 Å². The molecule has 148 valence electrons. The van der Waals surface area contributed by atoms with Crippen LogP contribution in [0, 0.1) is 6.92 Å². The predicted molar refractivity (Wildman–Crippen MR) is 114 cm³/mol. The van der Waals surface area contributed by atoms with E-state index >= 15 is 0 Å². The van der Waals surface area contributed by atoms with Crippen LogP contribution in [0.5, 0.6) is 5.75 Å². The SMILES string of the molecule is CCn1nc(C)cc1C(=O)N(Cc1cccnc1)c1nc2ccc(OC)cc2s1. The smallest absolute Gasteiger partial charge is 0.278 e. The van der Waals surface area contributed by atoms with Gasteiger partial charge in [-0.1, -0.05) is 17.4 Å². The lowest BCUT2D eigenvalue weighted by Crippen LogP contribution is -2.32. The van der Waals surface area contributed by atoms with Crippen molar-refractivity contribution in [2.24, 2.45) is 0 Å². The number of carbonyl (C=O) groups excluding carboxylic acids is 1. The summed E-state index contributed by atoms with van der Waals surface area (Å²) in [5, 5.41) is 5.05. The Bertz CT molecular complexity index is 1150. The average molecular weight is 407 g/mol. The Hall–Kier alpha value is -3.26. The summed E-state index contributed by atoms with van der Waals surface area (Å²) in [6.45, 7) is 4.85. The summed E-state index contributed by atoms with van der Waals surface area (Å²) < 4.78 is 8.00. The molecule has 0 saturated carbocycles. The molecule has 0 saturated heterocycles. The molecule has 0 radical (unpaired) electrons. The Kier molecular flexibility index (Phi) is 5.26. The Balaban J connectivity index is 1.78. The van der Waals surface area contributed by atoms with Gasteiger partial charge in [0, 0.05) is 18.9 Å². The lowest BCUT2D eigenvalue weighted by molar-refractivity contribution is 0.0975. The van der Waals surface area contributed by atoms with Crippen LogP contribution in [0.4, 0.5) is 5.13 Å². The van der Waals surface area contributed by atoms with E-state index in [1.807, 2.05) is 50.2 Å². The van der Waals surface area contributed by atoms with Gasteiger partial charge in [0.2, 0.25) is 0 Å². The molecule has 0 bridgehead atoms. The lowest BCUT2D eigenvalue weighted by Gasteiger charge is -2.20. The minimum absolute atomic E-state index is 0.137. The van der Waals surface area contributed by atoms with Gasteiger partial charge in [0.1, 0.15) is 11.4 Å². The van der Waals surface area contributed by atoms with Gasteiger partial charge >= 0.3 is 0 Å². The van der Waals surface area contributed by atoms with Crippen molar-refractivity contribution >= 4 is 32.6 Å². The molecule has 4 rings (SSSR count). The van der Waals surface area contributed by atoms with Gasteiger partial charge in [0.15, 0.2) is 5.13 Å². The number of nitrogens with zero attached hydrogens (tertiary/aromatic N) is 5. The molecule has 0 fully saturated rings. The molecule has 1 aromatic carbocycles. The third-order valence-corrected chi connectivity index (χ3v) is 5.59. The molecule has 0 atom stereocenters. The first kappa shape index (κ1) is 19.1. The summed E-state index contributed by atoms with van der Waals surface area (Å²) in [5.41, 5.74) is 3.11. The van der Waals surface area contributed by atoms with E-state index < -0.39 is 0 Å². The van der Waals surface area contributed by atoms with Crippen LogP contribution in [0.3, 0.4) is 0 Å². The maximum Gasteiger partial charge on any atom is 0.278 e. The number of benzene rings is 1. The van der Waals surface area contributed by atoms with Gasteiger partial charge in [0.25, 0.3) is 5.91 Å². The Morgan fingerprint density at radius 2 is 2.14 bits per heavy atom. The molecule has 8 heteroatoms. The van der Waals surface area contributed by atoms with Crippen molar-refractivity contribution in [1.29, 1.82) is 0 Å². The summed E-state index contributed by atoms with van der Waals surface area (Å²) in [6, 6.07) is 11.3. The fourth-order valence-corrected chi connectivity index (χ4v) is 4.12. The second-order valence-corrected chi connectivity index (χ2v) is 7.58. The normalized spacial score (nSPS) is 11.0. The van der Waals surface area contributed by atoms with Crippen molar-refractivity contribution in [3.8, 4) is 5.75 Å². The highest BCUT2D eigenvalue weighted by Crippen LogP contribution is 2.33. The van der Waals surface area contributed by atoms with Crippen LogP contribution in [0.15, 0.2) is 48.8 Å². The minimum Gasteiger partial charge on any atom is -0.497 e. The average Bonchev–Trinajstić information content (AvgIpc) is 3.34. The number of ether oxygens (including phenoxy) is 1. The fourth-order valence-electron chi connectivity index (χ4n) is 3.13. The number of pyridine rings is 1. The topological polar surface area (TPSA) is 73.1 Å². The lowest BCUT2D eigenvalue weighted by atomic mass is 10.2. The number of anilines is 1. The van der Waals surface area contributed by atoms with Crippen LogP contribution in [0.1, 0.15) is 28.7 Å². The molecular formula is C21H21N5O2S. The van der Waals surface area contributed by atoms with E-state index in [1.54, 1.807) is 29.1 Å². The van der Waals surface area contributed by atoms with E-state index in [4.69, 9.17) is 9.72 Å². The molecule has 3 aromatic heterocycles. The van der Waals surface area contributed by atoms with Crippen LogP contribution in [-0.4, -0.2) is 32.8 Å². The highest BCUT2D eigenvalue weighted by atomic mass is 32.1. The third-order valence-electron chi connectivity index (χ3n) is 4.54. The monoisotopic (exact) mass is 407 g/mol. The van der Waals surface area contributed by atoms with Crippen LogP contribution >= 0.6 is 11.3 Å². The zero-order chi connectivity index (χ0) is 20.4. The van der Waals surface area contributed by atoms with E-state index in [1.165, 1.54) is 11.3 Å². The highest BCUT2D eigenvalue weighted by Gasteiger charge is 2.25. The van der Waals surface area contributed by atoms with Crippen molar-refractivity contribution in [3.63, 3.8) is 0 Å². The highest BCUT2D eigenvalue weighted by molar-refractivity contribution is 7.22. The van der Waals surface area contributed by atoms with E-state index in [-0.39, 0.29) is 5.91 Å². The first-order valence-corrected chi connectivity index (χ1v) is 10.1. The van der Waals surface area contributed by atoms with Crippen molar-refractivity contribution in [2.75, 3.05) is 12.0 Å². The number of aryl methyl sites for hydroxylation is 2. The summed E-state index contributed by atoms with van der Waals surface area (Å²) >= 11 is 1.46. The molecule has 7 nitrogen and oxygen atoms in total. The zero-order valence-corrected chi connectivity index (χ0v) is 17.3. The Labute approximate surface area is 172 Å². The van der Waals surface area contributed by atoms with Crippen molar-refractivity contribution in [1.82, 2.24) is 19.7 Å². The van der Waals surface area contributed by atoms with Crippen molar-refractivity contribution in [3.05, 3.63) is 65.7 Å². The maximum atomic E-state index is 13.5. The molecule has 0 spiro atoms. The summed E-state index contributed by atoms with van der Waals surface area (Å²) in [6.07, 6.45) is 3.48. The van der Waals surface area contributed by atoms with Crippen molar-refractivity contribution < 1.29 is 9.53 Å². The molecule has 0 aliphatic rings. The van der Waals surface area contributed by atoms with Crippen LogP contribution in [-0.2, 0) is 13.1 Å². The predicted octanol–water partition coefficient (Wildman–Crippen LogP) is 4.07. The molecule has 4 aromatic rings. The number of rotatable bonds is 6. The largest absolute Gasteiger partial charge is 0.497 e. The van der Waals surface area contributed by atoms with Crippen LogP contribution in [0.2, 0.25) is 0 Å². The summed E-state index contributed by atoms with van der Waals surface area (Å²) in [7, 11) is 1.63. The molecule has 0 N–H and O–H groups in total. The molecule has 29 heavy (non-hydrogen) atoms. The molecule has 3 heterocycles. The fraction of sp³-hybridized carbons (Fsp3) is 0.238. The van der Waals surface area contributed by atoms with Crippen molar-refractivity contribution in [2.45, 2.75) is 26.9 Å². The van der Waals surface area contributed by atoms with Crippen LogP contribution in [0.25, 0.3) is 10.2 Å². The van der Waals surface area contributed by atoms with Gasteiger partial charge in [-0.3, -0.25) is 19.4 Å². The van der Waals surface area contributed by atoms with E-state index in [0.717, 1.165) is 27.2 Å². The minimum atomic E-state index is -0.137. The number of fused-ring (bicyclic) bond motifs is 1. The zero-order valence-electron chi connectivity index (χ0n) is 16.5. The summed E-state index contributed by atoms with van der Waals surface area (Å²) in [4.78, 5) is 24.1. The number of thiazole rings is 1. The number of aromatic nitrogens is 4. The first-order chi connectivity index (χ1) is 14.1. The van der Waals surface area contributed by atoms with Gasteiger partial charge in [-0.2, -0.15) is 5.10 Å². The quantitative estimate of drug-likeness (QED) is 0.482. The van der Waals surface area contributed by atoms with Gasteiger partial charge < -0.3 is 4.74 Å². The molecule has 0 aliphatic carbocycles. The maximum absolute atomic E-state index is 13.5. The number of methoxy groups -OCH3 is 1. The standard InChI is InChI=1S/C21H21N5O2S/c1-4-26-18(10-14(2)24-26)20(27)25(13-15-6-5-9-22-12-15)21-23-17-8-7-16(28-3)11-19(17)29-21/h5-12H,4,13H2,1-3H3. The Morgan fingerprint density at radius 3 is 2.86 bits per heavy atom. The number of carbonyl (C=O) groups is 1. The second-order valence-electron chi connectivity index (χ2n) is 6.57. The molecule has 1 amide bonds. The summed E-state index contributed by atoms with van der Waals surface area (Å²) in [5.74, 6) is 0.625. The van der Waals surface area contributed by atoms with E-state index in [2.05, 4.69) is 10.1 Å². The van der Waals surface area contributed by atoms with Gasteiger partial charge in [0.05, 0.1) is 29.6 Å². The molecule has 0 aliphatic heterocycles. The first-order valence-electron chi connectivity index (χ1n) is 9.29. The molecular weight excluding hydrogens is 386 g/mol. The van der Waals surface area contributed by atoms with Gasteiger partial charge in [-0.05, 0) is 49.7 Å². The van der Waals surface area contributed by atoms with Gasteiger partial charge in [-0.15, -0.1) is 0 Å².